The minimum atomic E-state index is -3.67. The Kier molecular flexibility index (Phi) is 8.86. The summed E-state index contributed by atoms with van der Waals surface area (Å²) in [6.45, 7) is 3.93. The predicted octanol–water partition coefficient (Wildman–Crippen LogP) is 1.66. The van der Waals surface area contributed by atoms with Crippen LogP contribution in [-0.4, -0.2) is 75.3 Å². The first kappa shape index (κ1) is 25.2. The second kappa shape index (κ2) is 11.6. The first-order valence-corrected chi connectivity index (χ1v) is 12.5. The van der Waals surface area contributed by atoms with Gasteiger partial charge in [-0.2, -0.15) is 8.70 Å². The second-order valence-corrected chi connectivity index (χ2v) is 10.2. The van der Waals surface area contributed by atoms with Crippen molar-refractivity contribution in [3.63, 3.8) is 0 Å². The molecule has 1 amide bonds. The van der Waals surface area contributed by atoms with E-state index in [9.17, 15) is 17.6 Å². The Morgan fingerprint density at radius 3 is 2.76 bits per heavy atom. The maximum absolute atomic E-state index is 13.2. The van der Waals surface area contributed by atoms with Crippen molar-refractivity contribution in [3.8, 4) is 0 Å². The highest BCUT2D eigenvalue weighted by molar-refractivity contribution is 7.89. The van der Waals surface area contributed by atoms with Crippen molar-refractivity contribution in [1.29, 1.82) is 0 Å². The smallest absolute Gasteiger partial charge is 0.280 e. The maximum atomic E-state index is 13.2. The average molecular weight is 500 g/mol. The number of aromatic nitrogens is 1. The number of anilines is 1. The number of hydrogen-bond acceptors (Lipinski definition) is 9. The van der Waals surface area contributed by atoms with Crippen LogP contribution in [0.25, 0.3) is 0 Å². The molecule has 0 saturated carbocycles. The largest absolute Gasteiger partial charge is 0.395 e. The molecule has 1 aliphatic rings. The van der Waals surface area contributed by atoms with Gasteiger partial charge in [0.25, 0.3) is 5.91 Å². The van der Waals surface area contributed by atoms with E-state index >= 15 is 0 Å². The number of sulfonamides is 1. The molecule has 1 aromatic heterocycles. The van der Waals surface area contributed by atoms with E-state index in [1.165, 1.54) is 28.6 Å². The zero-order chi connectivity index (χ0) is 23.8. The molecule has 1 aliphatic heterocycles. The maximum Gasteiger partial charge on any atom is 0.280 e. The highest BCUT2D eigenvalue weighted by Crippen LogP contribution is 2.20. The molecule has 3 rings (SSSR count). The highest BCUT2D eigenvalue weighted by Gasteiger charge is 2.28. The third-order valence-corrected chi connectivity index (χ3v) is 7.33. The molecule has 2 heterocycles. The molecule has 0 bridgehead atoms. The van der Waals surface area contributed by atoms with Gasteiger partial charge >= 0.3 is 0 Å². The number of nitrogens with one attached hydrogen (secondary N) is 2. The standard InChI is InChI=1S/C20H26FN5O5S2/c1-14-13-26(9-8-22-14)33(28,29)16-6-4-15(5-7-16)18(25-31-11-3-10-30-2)19(27)24-20-23-12-17(21)32-20/h4-7,12,14,22H,3,8-11,13H2,1-2H3,(H,23,24,27)/b25-18+/t14-/m0/s1. The zero-order valence-electron chi connectivity index (χ0n) is 18.3. The van der Waals surface area contributed by atoms with E-state index < -0.39 is 21.1 Å². The topological polar surface area (TPSA) is 122 Å². The summed E-state index contributed by atoms with van der Waals surface area (Å²) in [5.41, 5.74) is 0.242. The molecule has 0 aliphatic carbocycles. The molecule has 180 valence electrons. The summed E-state index contributed by atoms with van der Waals surface area (Å²) in [5.74, 6) is -0.664. The number of nitrogens with zero attached hydrogens (tertiary/aromatic N) is 3. The van der Waals surface area contributed by atoms with Gasteiger partial charge in [-0.3, -0.25) is 10.1 Å². The van der Waals surface area contributed by atoms with Crippen molar-refractivity contribution in [1.82, 2.24) is 14.6 Å². The van der Waals surface area contributed by atoms with Crippen LogP contribution >= 0.6 is 11.3 Å². The summed E-state index contributed by atoms with van der Waals surface area (Å²) in [7, 11) is -2.11. The fourth-order valence-electron chi connectivity index (χ4n) is 3.12. The number of carbonyl (C=O) groups excluding carboxylic acids is 1. The van der Waals surface area contributed by atoms with Crippen LogP contribution < -0.4 is 10.6 Å². The van der Waals surface area contributed by atoms with Gasteiger partial charge in [0.15, 0.2) is 16.0 Å². The van der Waals surface area contributed by atoms with Gasteiger partial charge in [-0.25, -0.2) is 13.4 Å². The summed E-state index contributed by atoms with van der Waals surface area (Å²) in [5, 5.41) is 9.13. The molecule has 10 nitrogen and oxygen atoms in total. The van der Waals surface area contributed by atoms with Crippen LogP contribution in [0.1, 0.15) is 18.9 Å². The number of hydrogen-bond donors (Lipinski definition) is 2. The van der Waals surface area contributed by atoms with E-state index in [0.717, 1.165) is 6.20 Å². The summed E-state index contributed by atoms with van der Waals surface area (Å²) in [4.78, 5) is 21.9. The number of piperazine rings is 1. The number of amides is 1. The Hall–Kier alpha value is -2.45. The summed E-state index contributed by atoms with van der Waals surface area (Å²) in [6, 6.07) is 5.87. The van der Waals surface area contributed by atoms with Crippen molar-refractivity contribution in [2.45, 2.75) is 24.3 Å². The molecule has 1 aromatic carbocycles. The van der Waals surface area contributed by atoms with Gasteiger partial charge in [0.2, 0.25) is 10.0 Å². The Labute approximate surface area is 195 Å². The number of thiazole rings is 1. The van der Waals surface area contributed by atoms with Crippen molar-refractivity contribution in [3.05, 3.63) is 41.2 Å². The Morgan fingerprint density at radius 2 is 2.12 bits per heavy atom. The SMILES string of the molecule is COCCCO/N=C(/C(=O)Nc1ncc(F)s1)c1ccc(S(=O)(=O)N2CCN[C@@H](C)C2)cc1. The lowest BCUT2D eigenvalue weighted by atomic mass is 10.1. The van der Waals surface area contributed by atoms with Gasteiger partial charge in [0.05, 0.1) is 11.1 Å². The molecular formula is C20H26FN5O5S2. The minimum absolute atomic E-state index is 0.0567. The molecule has 13 heteroatoms. The molecule has 1 saturated heterocycles. The minimum Gasteiger partial charge on any atom is -0.395 e. The van der Waals surface area contributed by atoms with Crippen LogP contribution in [0.15, 0.2) is 40.5 Å². The first-order chi connectivity index (χ1) is 15.8. The van der Waals surface area contributed by atoms with E-state index in [1.807, 2.05) is 6.92 Å². The lowest BCUT2D eigenvalue weighted by Crippen LogP contribution is -2.51. The Balaban J connectivity index is 1.80. The van der Waals surface area contributed by atoms with Crippen molar-refractivity contribution in [2.75, 3.05) is 45.3 Å². The van der Waals surface area contributed by atoms with Crippen LogP contribution in [-0.2, 0) is 24.4 Å². The van der Waals surface area contributed by atoms with Gasteiger partial charge in [-0.15, -0.1) is 0 Å². The fraction of sp³-hybridized carbons (Fsp3) is 0.450. The van der Waals surface area contributed by atoms with E-state index in [-0.39, 0.29) is 28.4 Å². The van der Waals surface area contributed by atoms with E-state index in [4.69, 9.17) is 9.57 Å². The first-order valence-electron chi connectivity index (χ1n) is 10.3. The summed E-state index contributed by atoms with van der Waals surface area (Å²) < 4.78 is 45.6. The predicted molar refractivity (Wildman–Crippen MR) is 122 cm³/mol. The van der Waals surface area contributed by atoms with Crippen LogP contribution in [0.3, 0.4) is 0 Å². The Bertz CT molecular complexity index is 1070. The summed E-state index contributed by atoms with van der Waals surface area (Å²) in [6.07, 6.45) is 1.56. The molecule has 0 radical (unpaired) electrons. The fourth-order valence-corrected chi connectivity index (χ4v) is 5.19. The number of methoxy groups -OCH3 is 1. The number of rotatable bonds is 10. The monoisotopic (exact) mass is 499 g/mol. The molecule has 0 spiro atoms. The van der Waals surface area contributed by atoms with E-state index in [1.54, 1.807) is 7.11 Å². The van der Waals surface area contributed by atoms with Crippen LogP contribution in [0.5, 0.6) is 0 Å². The third-order valence-electron chi connectivity index (χ3n) is 4.75. The molecule has 2 aromatic rings. The van der Waals surface area contributed by atoms with E-state index in [0.29, 0.717) is 49.6 Å². The molecule has 1 atom stereocenters. The highest BCUT2D eigenvalue weighted by atomic mass is 32.2. The summed E-state index contributed by atoms with van der Waals surface area (Å²) >= 11 is 0.673. The number of ether oxygens (including phenoxy) is 1. The van der Waals surface area contributed by atoms with Gasteiger partial charge in [-0.05, 0) is 19.1 Å². The number of halogens is 1. The number of benzene rings is 1. The molecule has 0 unspecified atom stereocenters. The van der Waals surface area contributed by atoms with Crippen molar-refractivity contribution >= 4 is 38.1 Å². The lowest BCUT2D eigenvalue weighted by Gasteiger charge is -2.31. The molecule has 33 heavy (non-hydrogen) atoms. The van der Waals surface area contributed by atoms with Gasteiger partial charge in [0.1, 0.15) is 6.61 Å². The average Bonchev–Trinajstić information content (AvgIpc) is 3.20. The van der Waals surface area contributed by atoms with E-state index in [2.05, 4.69) is 20.8 Å². The number of oxime groups is 1. The van der Waals surface area contributed by atoms with Crippen LogP contribution in [0.4, 0.5) is 9.52 Å². The Morgan fingerprint density at radius 1 is 1.36 bits per heavy atom. The zero-order valence-corrected chi connectivity index (χ0v) is 19.9. The van der Waals surface area contributed by atoms with Crippen LogP contribution in [0.2, 0.25) is 0 Å². The lowest BCUT2D eigenvalue weighted by molar-refractivity contribution is -0.110. The van der Waals surface area contributed by atoms with Gasteiger partial charge < -0.3 is 14.9 Å². The van der Waals surface area contributed by atoms with Crippen LogP contribution in [0, 0.1) is 5.13 Å². The molecule has 2 N–H and O–H groups in total. The quantitative estimate of drug-likeness (QED) is 0.290. The normalized spacial score (nSPS) is 17.7. The van der Waals surface area contributed by atoms with Crippen molar-refractivity contribution < 1.29 is 27.2 Å². The second-order valence-electron chi connectivity index (χ2n) is 7.29. The number of carbonyl (C=O) groups is 1. The molecule has 1 fully saturated rings. The van der Waals surface area contributed by atoms with Crippen molar-refractivity contribution in [2.24, 2.45) is 5.16 Å². The van der Waals surface area contributed by atoms with Gasteiger partial charge in [-0.1, -0.05) is 28.6 Å². The van der Waals surface area contributed by atoms with Gasteiger partial charge in [0, 0.05) is 51.4 Å². The molecular weight excluding hydrogens is 473 g/mol. The third kappa shape index (κ3) is 6.77.